The fourth-order valence-corrected chi connectivity index (χ4v) is 1.92. The Morgan fingerprint density at radius 2 is 1.71 bits per heavy atom. The first kappa shape index (κ1) is 19.4. The van der Waals surface area contributed by atoms with Gasteiger partial charge >= 0.3 is 5.97 Å². The fourth-order valence-electron chi connectivity index (χ4n) is 1.92. The van der Waals surface area contributed by atoms with Gasteiger partial charge in [-0.25, -0.2) is 4.98 Å². The molecule has 8 nitrogen and oxygen atoms in total. The molecular weight excluding hydrogens is 312 g/mol. The molecule has 0 saturated heterocycles. The summed E-state index contributed by atoms with van der Waals surface area (Å²) in [6.07, 6.45) is 3.78. The van der Waals surface area contributed by atoms with Crippen molar-refractivity contribution in [2.75, 3.05) is 11.9 Å². The van der Waals surface area contributed by atoms with Crippen LogP contribution in [0.3, 0.4) is 0 Å². The van der Waals surface area contributed by atoms with E-state index in [-0.39, 0.29) is 25.2 Å². The lowest BCUT2D eigenvalue weighted by molar-refractivity contribution is -0.137. The average molecular weight is 336 g/mol. The van der Waals surface area contributed by atoms with E-state index in [2.05, 4.69) is 21.2 Å². The highest BCUT2D eigenvalue weighted by Crippen LogP contribution is 2.05. The van der Waals surface area contributed by atoms with Crippen LogP contribution in [0.2, 0.25) is 0 Å². The standard InChI is InChI=1S/C16H24N4O4/c1-12-8-10-18-13(11-12)17-9-3-2-5-14(21)19-20-15(22)6-4-7-16(23)24/h8,10-11H,2-7,9H2,1H3,(H,17,18)(H,19,21)(H,20,22)(H,23,24). The Labute approximate surface area is 141 Å². The lowest BCUT2D eigenvalue weighted by Gasteiger charge is -2.08. The van der Waals surface area contributed by atoms with Crippen LogP contribution >= 0.6 is 0 Å². The first-order valence-electron chi connectivity index (χ1n) is 7.93. The van der Waals surface area contributed by atoms with E-state index in [0.29, 0.717) is 19.4 Å². The molecule has 24 heavy (non-hydrogen) atoms. The highest BCUT2D eigenvalue weighted by Gasteiger charge is 2.06. The molecule has 0 aromatic carbocycles. The first-order chi connectivity index (χ1) is 11.5. The zero-order chi connectivity index (χ0) is 17.8. The van der Waals surface area contributed by atoms with Gasteiger partial charge in [0.2, 0.25) is 11.8 Å². The summed E-state index contributed by atoms with van der Waals surface area (Å²) in [5.41, 5.74) is 5.72. The molecule has 2 amide bonds. The van der Waals surface area contributed by atoms with Crippen molar-refractivity contribution < 1.29 is 19.5 Å². The van der Waals surface area contributed by atoms with Crippen molar-refractivity contribution in [2.45, 2.75) is 45.4 Å². The Kier molecular flexibility index (Phi) is 8.88. The fraction of sp³-hybridized carbons (Fsp3) is 0.500. The van der Waals surface area contributed by atoms with E-state index in [1.807, 2.05) is 19.1 Å². The van der Waals surface area contributed by atoms with Gasteiger partial charge in [0.1, 0.15) is 5.82 Å². The maximum absolute atomic E-state index is 11.6. The molecule has 0 bridgehead atoms. The molecule has 1 rings (SSSR count). The molecule has 0 aliphatic rings. The monoisotopic (exact) mass is 336 g/mol. The van der Waals surface area contributed by atoms with Crippen molar-refractivity contribution in [3.8, 4) is 0 Å². The van der Waals surface area contributed by atoms with Crippen LogP contribution in [0.15, 0.2) is 18.3 Å². The van der Waals surface area contributed by atoms with Crippen LogP contribution in [-0.2, 0) is 14.4 Å². The number of aromatic nitrogens is 1. The second-order valence-corrected chi connectivity index (χ2v) is 5.45. The molecule has 0 atom stereocenters. The number of amides is 2. The van der Waals surface area contributed by atoms with E-state index in [1.54, 1.807) is 6.20 Å². The summed E-state index contributed by atoms with van der Waals surface area (Å²) in [6.45, 7) is 2.71. The predicted molar refractivity (Wildman–Crippen MR) is 89.1 cm³/mol. The Morgan fingerprint density at radius 1 is 1.04 bits per heavy atom. The maximum atomic E-state index is 11.6. The number of aliphatic carboxylic acids is 1. The van der Waals surface area contributed by atoms with Crippen molar-refractivity contribution in [1.29, 1.82) is 0 Å². The second kappa shape index (κ2) is 11.0. The molecule has 1 heterocycles. The quantitative estimate of drug-likeness (QED) is 0.378. The van der Waals surface area contributed by atoms with Crippen molar-refractivity contribution in [2.24, 2.45) is 0 Å². The molecule has 8 heteroatoms. The van der Waals surface area contributed by atoms with Gasteiger partial charge in [0.05, 0.1) is 0 Å². The van der Waals surface area contributed by atoms with Crippen molar-refractivity contribution in [1.82, 2.24) is 15.8 Å². The Morgan fingerprint density at radius 3 is 2.33 bits per heavy atom. The Hall–Kier alpha value is -2.64. The van der Waals surface area contributed by atoms with Crippen LogP contribution in [-0.4, -0.2) is 34.4 Å². The van der Waals surface area contributed by atoms with Gasteiger partial charge in [0.15, 0.2) is 0 Å². The number of nitrogens with one attached hydrogen (secondary N) is 3. The van der Waals surface area contributed by atoms with Crippen LogP contribution in [0, 0.1) is 6.92 Å². The number of carboxylic acid groups (broad SMARTS) is 1. The predicted octanol–water partition coefficient (Wildman–Crippen LogP) is 1.37. The second-order valence-electron chi connectivity index (χ2n) is 5.45. The van der Waals surface area contributed by atoms with E-state index < -0.39 is 11.9 Å². The number of rotatable bonds is 10. The van der Waals surface area contributed by atoms with Gasteiger partial charge in [-0.05, 0) is 43.9 Å². The maximum Gasteiger partial charge on any atom is 0.303 e. The molecule has 0 saturated carbocycles. The Bertz CT molecular complexity index is 563. The molecular formula is C16H24N4O4. The summed E-state index contributed by atoms with van der Waals surface area (Å²) in [4.78, 5) is 37.4. The normalized spacial score (nSPS) is 10.0. The largest absolute Gasteiger partial charge is 0.481 e. The number of carbonyl (C=O) groups is 3. The molecule has 0 radical (unpaired) electrons. The van der Waals surface area contributed by atoms with Gasteiger partial charge in [-0.1, -0.05) is 0 Å². The molecule has 1 aromatic rings. The van der Waals surface area contributed by atoms with Crippen LogP contribution in [0.4, 0.5) is 5.82 Å². The number of hydrazine groups is 1. The van der Waals surface area contributed by atoms with E-state index in [9.17, 15) is 14.4 Å². The number of pyridine rings is 1. The highest BCUT2D eigenvalue weighted by atomic mass is 16.4. The highest BCUT2D eigenvalue weighted by molar-refractivity contribution is 5.82. The molecule has 0 spiro atoms. The number of carboxylic acids is 1. The van der Waals surface area contributed by atoms with Crippen molar-refractivity contribution >= 4 is 23.6 Å². The van der Waals surface area contributed by atoms with Crippen molar-refractivity contribution in [3.05, 3.63) is 23.9 Å². The molecule has 132 valence electrons. The number of anilines is 1. The summed E-state index contributed by atoms with van der Waals surface area (Å²) in [6, 6.07) is 3.87. The third-order valence-corrected chi connectivity index (χ3v) is 3.19. The third kappa shape index (κ3) is 9.39. The zero-order valence-corrected chi connectivity index (χ0v) is 13.8. The number of nitrogens with zero attached hydrogens (tertiary/aromatic N) is 1. The zero-order valence-electron chi connectivity index (χ0n) is 13.8. The Balaban J connectivity index is 2.03. The van der Waals surface area contributed by atoms with Gasteiger partial charge in [-0.2, -0.15) is 0 Å². The lowest BCUT2D eigenvalue weighted by atomic mass is 10.2. The van der Waals surface area contributed by atoms with Crippen LogP contribution in [0.5, 0.6) is 0 Å². The van der Waals surface area contributed by atoms with E-state index in [4.69, 9.17) is 5.11 Å². The minimum atomic E-state index is -0.943. The lowest BCUT2D eigenvalue weighted by Crippen LogP contribution is -2.41. The average Bonchev–Trinajstić information content (AvgIpc) is 2.52. The topological polar surface area (TPSA) is 120 Å². The minimum Gasteiger partial charge on any atom is -0.481 e. The summed E-state index contributed by atoms with van der Waals surface area (Å²) >= 11 is 0. The summed E-state index contributed by atoms with van der Waals surface area (Å²) in [7, 11) is 0. The summed E-state index contributed by atoms with van der Waals surface area (Å²) in [5.74, 6) is -0.790. The van der Waals surface area contributed by atoms with Gasteiger partial charge in [0.25, 0.3) is 0 Å². The molecule has 4 N–H and O–H groups in total. The number of hydrogen-bond donors (Lipinski definition) is 4. The van der Waals surface area contributed by atoms with Crippen LogP contribution in [0.25, 0.3) is 0 Å². The van der Waals surface area contributed by atoms with Crippen LogP contribution in [0.1, 0.15) is 44.1 Å². The molecule has 0 unspecified atom stereocenters. The minimum absolute atomic E-state index is 0.0653. The number of carbonyl (C=O) groups excluding carboxylic acids is 2. The molecule has 0 fully saturated rings. The number of hydrogen-bond acceptors (Lipinski definition) is 5. The number of unbranched alkanes of at least 4 members (excludes halogenated alkanes) is 1. The summed E-state index contributed by atoms with van der Waals surface area (Å²) in [5, 5.41) is 11.6. The van der Waals surface area contributed by atoms with Gasteiger partial charge < -0.3 is 10.4 Å². The summed E-state index contributed by atoms with van der Waals surface area (Å²) < 4.78 is 0. The molecule has 0 aliphatic heterocycles. The smallest absolute Gasteiger partial charge is 0.303 e. The van der Waals surface area contributed by atoms with Crippen LogP contribution < -0.4 is 16.2 Å². The van der Waals surface area contributed by atoms with E-state index in [0.717, 1.165) is 17.8 Å². The van der Waals surface area contributed by atoms with Gasteiger partial charge in [0, 0.05) is 32.0 Å². The van der Waals surface area contributed by atoms with Gasteiger partial charge in [-0.3, -0.25) is 25.2 Å². The van der Waals surface area contributed by atoms with Crippen molar-refractivity contribution in [3.63, 3.8) is 0 Å². The molecule has 0 aliphatic carbocycles. The number of aryl methyl sites for hydroxylation is 1. The van der Waals surface area contributed by atoms with E-state index in [1.165, 1.54) is 0 Å². The molecule has 1 aromatic heterocycles. The SMILES string of the molecule is Cc1ccnc(NCCCCC(=O)NNC(=O)CCCC(=O)O)c1. The van der Waals surface area contributed by atoms with Gasteiger partial charge in [-0.15, -0.1) is 0 Å². The van der Waals surface area contributed by atoms with E-state index >= 15 is 0 Å². The first-order valence-corrected chi connectivity index (χ1v) is 7.93. The third-order valence-electron chi connectivity index (χ3n) is 3.19.